The highest BCUT2D eigenvalue weighted by Crippen LogP contribution is 2.41. The fraction of sp³-hybridized carbons (Fsp3) is 0.294. The van der Waals surface area contributed by atoms with E-state index in [1.165, 1.54) is 34.7 Å². The van der Waals surface area contributed by atoms with E-state index < -0.39 is 0 Å². The average Bonchev–Trinajstić information content (AvgIpc) is 3.05. The lowest BCUT2D eigenvalue weighted by molar-refractivity contribution is 0.0952. The van der Waals surface area contributed by atoms with Gasteiger partial charge in [-0.2, -0.15) is 16.4 Å². The number of nitrogens with one attached hydrogen (secondary N) is 1. The summed E-state index contributed by atoms with van der Waals surface area (Å²) in [5.41, 5.74) is 3.08. The molecule has 4 nitrogen and oxygen atoms in total. The van der Waals surface area contributed by atoms with Gasteiger partial charge in [0.25, 0.3) is 5.91 Å². The first-order valence-corrected chi connectivity index (χ1v) is 9.55. The normalized spacial score (nSPS) is 14.1. The molecule has 1 aliphatic rings. The third-order valence-electron chi connectivity index (χ3n) is 3.97. The third kappa shape index (κ3) is 3.23. The van der Waals surface area contributed by atoms with Crippen molar-refractivity contribution in [2.75, 3.05) is 6.54 Å². The highest BCUT2D eigenvalue weighted by atomic mass is 32.1. The molecular formula is C17H17N3OS2. The molecule has 0 aromatic carbocycles. The molecule has 1 saturated carbocycles. The van der Waals surface area contributed by atoms with Gasteiger partial charge in [-0.05, 0) is 41.8 Å². The number of nitrogens with zero attached hydrogens (tertiary/aromatic N) is 2. The van der Waals surface area contributed by atoms with Crippen LogP contribution in [0.4, 0.5) is 0 Å². The van der Waals surface area contributed by atoms with Gasteiger partial charge in [0.2, 0.25) is 0 Å². The van der Waals surface area contributed by atoms with Crippen LogP contribution in [0.2, 0.25) is 0 Å². The Morgan fingerprint density at radius 1 is 1.35 bits per heavy atom. The highest BCUT2D eigenvalue weighted by Gasteiger charge is 2.28. The van der Waals surface area contributed by atoms with Crippen LogP contribution in [0.5, 0.6) is 0 Å². The molecule has 1 amide bonds. The smallest absolute Gasteiger partial charge is 0.252 e. The van der Waals surface area contributed by atoms with Crippen molar-refractivity contribution in [2.24, 2.45) is 0 Å². The van der Waals surface area contributed by atoms with Crippen molar-refractivity contribution in [1.29, 1.82) is 0 Å². The van der Waals surface area contributed by atoms with Gasteiger partial charge in [-0.1, -0.05) is 6.07 Å². The monoisotopic (exact) mass is 343 g/mol. The lowest BCUT2D eigenvalue weighted by Crippen LogP contribution is -2.27. The van der Waals surface area contributed by atoms with E-state index in [9.17, 15) is 4.79 Å². The Bertz CT molecular complexity index is 786. The summed E-state index contributed by atoms with van der Waals surface area (Å²) in [7, 11) is 0. The molecule has 0 unspecified atom stereocenters. The van der Waals surface area contributed by atoms with Crippen LogP contribution >= 0.6 is 22.7 Å². The molecule has 3 aromatic rings. The molecule has 0 saturated heterocycles. The van der Waals surface area contributed by atoms with Crippen molar-refractivity contribution < 1.29 is 4.79 Å². The molecule has 4 rings (SSSR count). The van der Waals surface area contributed by atoms with Crippen LogP contribution in [-0.2, 0) is 6.54 Å². The Balaban J connectivity index is 1.44. The zero-order chi connectivity index (χ0) is 15.6. The molecule has 23 heavy (non-hydrogen) atoms. The zero-order valence-corrected chi connectivity index (χ0v) is 14.2. The molecule has 0 aliphatic heterocycles. The number of carbonyl (C=O) groups excluding carboxylic acids is 1. The molecule has 0 bridgehead atoms. The van der Waals surface area contributed by atoms with Gasteiger partial charge in [0.15, 0.2) is 0 Å². The molecule has 1 N–H and O–H groups in total. The predicted octanol–water partition coefficient (Wildman–Crippen LogP) is 3.98. The molecule has 0 radical (unpaired) electrons. The molecule has 6 heteroatoms. The molecule has 0 atom stereocenters. The van der Waals surface area contributed by atoms with Gasteiger partial charge in [0.05, 0.1) is 11.4 Å². The van der Waals surface area contributed by atoms with E-state index in [2.05, 4.69) is 33.6 Å². The fourth-order valence-corrected chi connectivity index (χ4v) is 3.95. The van der Waals surface area contributed by atoms with Gasteiger partial charge < -0.3 is 5.32 Å². The van der Waals surface area contributed by atoms with Crippen LogP contribution < -0.4 is 5.32 Å². The number of hydrogen-bond acceptors (Lipinski definition) is 4. The SMILES string of the molecule is O=C(NCCn1nc(-c2cccs2)cc1C1CC1)c1ccsc1. The average molecular weight is 343 g/mol. The van der Waals surface area contributed by atoms with Crippen molar-refractivity contribution in [3.8, 4) is 10.6 Å². The van der Waals surface area contributed by atoms with Gasteiger partial charge in [0.1, 0.15) is 5.69 Å². The maximum Gasteiger partial charge on any atom is 0.252 e. The van der Waals surface area contributed by atoms with E-state index in [0.29, 0.717) is 19.0 Å². The molecule has 1 aliphatic carbocycles. The first-order chi connectivity index (χ1) is 11.3. The number of amides is 1. The second-order valence-electron chi connectivity index (χ2n) is 5.70. The quantitative estimate of drug-likeness (QED) is 0.736. The van der Waals surface area contributed by atoms with Gasteiger partial charge in [0, 0.05) is 29.1 Å². The Hall–Kier alpha value is -1.92. The summed E-state index contributed by atoms with van der Waals surface area (Å²) in [6.45, 7) is 1.31. The second kappa shape index (κ2) is 6.29. The van der Waals surface area contributed by atoms with Crippen LogP contribution in [0.25, 0.3) is 10.6 Å². The van der Waals surface area contributed by atoms with Crippen molar-refractivity contribution in [3.63, 3.8) is 0 Å². The number of carbonyl (C=O) groups is 1. The molecular weight excluding hydrogens is 326 g/mol. The summed E-state index contributed by atoms with van der Waals surface area (Å²) in [4.78, 5) is 13.2. The first-order valence-electron chi connectivity index (χ1n) is 7.73. The lowest BCUT2D eigenvalue weighted by Gasteiger charge is -2.07. The number of rotatable bonds is 6. The minimum Gasteiger partial charge on any atom is -0.350 e. The Morgan fingerprint density at radius 3 is 2.96 bits per heavy atom. The number of hydrogen-bond donors (Lipinski definition) is 1. The van der Waals surface area contributed by atoms with E-state index in [1.54, 1.807) is 11.3 Å². The van der Waals surface area contributed by atoms with Crippen LogP contribution in [0, 0.1) is 0 Å². The van der Waals surface area contributed by atoms with Crippen molar-refractivity contribution in [2.45, 2.75) is 25.3 Å². The Morgan fingerprint density at radius 2 is 2.26 bits per heavy atom. The summed E-state index contributed by atoms with van der Waals surface area (Å²) in [5, 5.41) is 13.6. The molecule has 0 spiro atoms. The molecule has 3 aromatic heterocycles. The minimum atomic E-state index is -0.00939. The van der Waals surface area contributed by atoms with E-state index in [4.69, 9.17) is 5.10 Å². The zero-order valence-electron chi connectivity index (χ0n) is 12.6. The van der Waals surface area contributed by atoms with Crippen molar-refractivity contribution >= 4 is 28.6 Å². The van der Waals surface area contributed by atoms with Gasteiger partial charge >= 0.3 is 0 Å². The van der Waals surface area contributed by atoms with Crippen molar-refractivity contribution in [1.82, 2.24) is 15.1 Å². The van der Waals surface area contributed by atoms with Crippen LogP contribution in [0.15, 0.2) is 40.4 Å². The summed E-state index contributed by atoms with van der Waals surface area (Å²) >= 11 is 3.25. The molecule has 1 fully saturated rings. The Labute approximate surface area is 142 Å². The predicted molar refractivity (Wildman–Crippen MR) is 94.2 cm³/mol. The minimum absolute atomic E-state index is 0.00939. The number of thiophene rings is 2. The van der Waals surface area contributed by atoms with Crippen LogP contribution in [-0.4, -0.2) is 22.2 Å². The summed E-state index contributed by atoms with van der Waals surface area (Å²) in [6, 6.07) is 8.21. The van der Waals surface area contributed by atoms with Gasteiger partial charge in [-0.25, -0.2) is 0 Å². The lowest BCUT2D eigenvalue weighted by atomic mass is 10.2. The maximum atomic E-state index is 12.0. The first kappa shape index (κ1) is 14.7. The topological polar surface area (TPSA) is 46.9 Å². The van der Waals surface area contributed by atoms with E-state index in [1.807, 2.05) is 16.8 Å². The largest absolute Gasteiger partial charge is 0.350 e. The maximum absolute atomic E-state index is 12.0. The molecule has 118 valence electrons. The van der Waals surface area contributed by atoms with E-state index in [-0.39, 0.29) is 5.91 Å². The summed E-state index contributed by atoms with van der Waals surface area (Å²) < 4.78 is 2.07. The van der Waals surface area contributed by atoms with E-state index in [0.717, 1.165) is 11.3 Å². The summed E-state index contributed by atoms with van der Waals surface area (Å²) in [6.07, 6.45) is 2.49. The molecule has 3 heterocycles. The van der Waals surface area contributed by atoms with Gasteiger partial charge in [-0.15, -0.1) is 11.3 Å². The standard InChI is InChI=1S/C17H17N3OS2/c21-17(13-5-9-22-11-13)18-6-7-20-15(12-3-4-12)10-14(19-20)16-2-1-8-23-16/h1-2,5,8-12H,3-4,6-7H2,(H,18,21). The van der Waals surface area contributed by atoms with E-state index >= 15 is 0 Å². The third-order valence-corrected chi connectivity index (χ3v) is 5.55. The van der Waals surface area contributed by atoms with Crippen molar-refractivity contribution in [3.05, 3.63) is 51.7 Å². The van der Waals surface area contributed by atoms with Crippen LogP contribution in [0.1, 0.15) is 34.8 Å². The van der Waals surface area contributed by atoms with Gasteiger partial charge in [-0.3, -0.25) is 9.48 Å². The second-order valence-corrected chi connectivity index (χ2v) is 7.42. The Kier molecular flexibility index (Phi) is 4.01. The highest BCUT2D eigenvalue weighted by molar-refractivity contribution is 7.13. The number of aromatic nitrogens is 2. The summed E-state index contributed by atoms with van der Waals surface area (Å²) in [5.74, 6) is 0.633. The fourth-order valence-electron chi connectivity index (χ4n) is 2.63. The van der Waals surface area contributed by atoms with Crippen LogP contribution in [0.3, 0.4) is 0 Å².